The van der Waals surface area contributed by atoms with Crippen molar-refractivity contribution in [3.8, 4) is 5.75 Å². The van der Waals surface area contributed by atoms with Crippen LogP contribution < -0.4 is 4.74 Å². The third kappa shape index (κ3) is 9.05. The van der Waals surface area contributed by atoms with Gasteiger partial charge in [0.2, 0.25) is 0 Å². The minimum absolute atomic E-state index is 0.946. The summed E-state index contributed by atoms with van der Waals surface area (Å²) in [5, 5.41) is 0. The lowest BCUT2D eigenvalue weighted by Gasteiger charge is -2.17. The first kappa shape index (κ1) is 18.4. The van der Waals surface area contributed by atoms with E-state index in [2.05, 4.69) is 42.8 Å². The van der Waals surface area contributed by atoms with Crippen LogP contribution in [0.3, 0.4) is 0 Å². The summed E-state index contributed by atoms with van der Waals surface area (Å²) in [4.78, 5) is 2.40. The van der Waals surface area contributed by atoms with Crippen LogP contribution in [-0.4, -0.2) is 31.4 Å². The third-order valence-electron chi connectivity index (χ3n) is 3.78. The maximum atomic E-state index is 5.27. The van der Waals surface area contributed by atoms with Gasteiger partial charge >= 0.3 is 0 Å². The van der Waals surface area contributed by atoms with Crippen molar-refractivity contribution >= 4 is 12.6 Å². The molecule has 0 N–H and O–H groups in total. The van der Waals surface area contributed by atoms with Crippen LogP contribution in [0, 0.1) is 0 Å². The maximum absolute atomic E-state index is 5.27. The van der Waals surface area contributed by atoms with E-state index < -0.39 is 0 Å². The summed E-state index contributed by atoms with van der Waals surface area (Å²) in [6.07, 6.45) is 9.40. The second-order valence-electron chi connectivity index (χ2n) is 5.79. The van der Waals surface area contributed by atoms with E-state index in [0.29, 0.717) is 0 Å². The van der Waals surface area contributed by atoms with E-state index in [1.54, 1.807) is 7.11 Å². The molecule has 120 valence electrons. The fourth-order valence-electron chi connectivity index (χ4n) is 2.54. The fourth-order valence-corrected chi connectivity index (χ4v) is 2.76. The highest BCUT2D eigenvalue weighted by atomic mass is 32.1. The van der Waals surface area contributed by atoms with Gasteiger partial charge in [-0.2, -0.15) is 12.6 Å². The van der Waals surface area contributed by atoms with E-state index in [0.717, 1.165) is 18.0 Å². The standard InChI is InChI=1S/C18H31NOS/c1-19(13-8-6-4-3-5-7-9-14-21)16-17-11-10-12-18(15-17)20-2/h10-12,15,21H,3-9,13-14,16H2,1-2H3. The van der Waals surface area contributed by atoms with Crippen LogP contribution in [0.2, 0.25) is 0 Å². The van der Waals surface area contributed by atoms with Crippen LogP contribution in [0.1, 0.15) is 50.5 Å². The summed E-state index contributed by atoms with van der Waals surface area (Å²) in [6.45, 7) is 2.17. The molecule has 0 saturated heterocycles. The highest BCUT2D eigenvalue weighted by Crippen LogP contribution is 2.14. The Morgan fingerprint density at radius 1 is 1.00 bits per heavy atom. The van der Waals surface area contributed by atoms with Gasteiger partial charge in [0.1, 0.15) is 5.75 Å². The monoisotopic (exact) mass is 309 g/mol. The van der Waals surface area contributed by atoms with Gasteiger partial charge in [-0.15, -0.1) is 0 Å². The first-order valence-corrected chi connectivity index (χ1v) is 8.82. The second-order valence-corrected chi connectivity index (χ2v) is 6.24. The van der Waals surface area contributed by atoms with Crippen molar-refractivity contribution in [1.29, 1.82) is 0 Å². The summed E-state index contributed by atoms with van der Waals surface area (Å²) in [5.41, 5.74) is 1.32. The summed E-state index contributed by atoms with van der Waals surface area (Å²) in [7, 11) is 3.92. The molecule has 0 spiro atoms. The minimum atomic E-state index is 0.946. The second kappa shape index (κ2) is 11.9. The molecule has 0 aliphatic heterocycles. The molecule has 0 unspecified atom stereocenters. The average Bonchev–Trinajstić information content (AvgIpc) is 2.50. The minimum Gasteiger partial charge on any atom is -0.497 e. The van der Waals surface area contributed by atoms with Crippen molar-refractivity contribution in [2.45, 2.75) is 51.5 Å². The Kier molecular flexibility index (Phi) is 10.4. The fraction of sp³-hybridized carbons (Fsp3) is 0.667. The van der Waals surface area contributed by atoms with Crippen LogP contribution in [0.5, 0.6) is 5.75 Å². The summed E-state index contributed by atoms with van der Waals surface area (Å²) < 4.78 is 5.27. The molecule has 0 bridgehead atoms. The lowest BCUT2D eigenvalue weighted by Crippen LogP contribution is -2.19. The normalized spacial score (nSPS) is 11.0. The van der Waals surface area contributed by atoms with Crippen LogP contribution >= 0.6 is 12.6 Å². The van der Waals surface area contributed by atoms with Gasteiger partial charge in [-0.1, -0.05) is 44.2 Å². The Hall–Kier alpha value is -0.670. The molecule has 0 amide bonds. The molecule has 21 heavy (non-hydrogen) atoms. The molecule has 2 nitrogen and oxygen atoms in total. The summed E-state index contributed by atoms with van der Waals surface area (Å²) >= 11 is 4.24. The lowest BCUT2D eigenvalue weighted by atomic mass is 10.1. The largest absolute Gasteiger partial charge is 0.497 e. The molecule has 0 fully saturated rings. The van der Waals surface area contributed by atoms with E-state index in [4.69, 9.17) is 4.74 Å². The van der Waals surface area contributed by atoms with Crippen molar-refractivity contribution in [2.24, 2.45) is 0 Å². The predicted molar refractivity (Wildman–Crippen MR) is 95.5 cm³/mol. The molecular weight excluding hydrogens is 278 g/mol. The topological polar surface area (TPSA) is 12.5 Å². The smallest absolute Gasteiger partial charge is 0.119 e. The molecule has 0 radical (unpaired) electrons. The zero-order chi connectivity index (χ0) is 15.3. The van der Waals surface area contributed by atoms with Crippen molar-refractivity contribution in [3.63, 3.8) is 0 Å². The number of rotatable bonds is 12. The van der Waals surface area contributed by atoms with Crippen molar-refractivity contribution < 1.29 is 4.74 Å². The zero-order valence-electron chi connectivity index (χ0n) is 13.7. The number of thiol groups is 1. The Labute approximate surface area is 136 Å². The highest BCUT2D eigenvalue weighted by Gasteiger charge is 2.01. The first-order valence-electron chi connectivity index (χ1n) is 8.18. The van der Waals surface area contributed by atoms with E-state index in [1.165, 1.54) is 57.1 Å². The molecular formula is C18H31NOS. The van der Waals surface area contributed by atoms with Crippen LogP contribution in [0.4, 0.5) is 0 Å². The number of hydrogen-bond donors (Lipinski definition) is 1. The molecule has 3 heteroatoms. The summed E-state index contributed by atoms with van der Waals surface area (Å²) in [5.74, 6) is 1.98. The number of nitrogens with zero attached hydrogens (tertiary/aromatic N) is 1. The number of methoxy groups -OCH3 is 1. The molecule has 0 aliphatic carbocycles. The lowest BCUT2D eigenvalue weighted by molar-refractivity contribution is 0.315. The zero-order valence-corrected chi connectivity index (χ0v) is 14.6. The molecule has 1 aromatic rings. The molecule has 0 atom stereocenters. The number of hydrogen-bond acceptors (Lipinski definition) is 3. The van der Waals surface area contributed by atoms with E-state index >= 15 is 0 Å². The third-order valence-corrected chi connectivity index (χ3v) is 4.10. The number of unbranched alkanes of at least 4 members (excludes halogenated alkanes) is 6. The summed E-state index contributed by atoms with van der Waals surface area (Å²) in [6, 6.07) is 8.35. The van der Waals surface area contributed by atoms with Gasteiger partial charge in [-0.25, -0.2) is 0 Å². The molecule has 0 heterocycles. The quantitative estimate of drug-likeness (QED) is 0.440. The van der Waals surface area contributed by atoms with E-state index in [-0.39, 0.29) is 0 Å². The van der Waals surface area contributed by atoms with Crippen molar-refractivity contribution in [1.82, 2.24) is 4.90 Å². The van der Waals surface area contributed by atoms with Gasteiger partial charge in [0.05, 0.1) is 7.11 Å². The van der Waals surface area contributed by atoms with Gasteiger partial charge in [-0.05, 0) is 49.9 Å². The Balaban J connectivity index is 2.07. The Morgan fingerprint density at radius 3 is 2.33 bits per heavy atom. The van der Waals surface area contributed by atoms with Gasteiger partial charge in [0.25, 0.3) is 0 Å². The van der Waals surface area contributed by atoms with Gasteiger partial charge in [-0.3, -0.25) is 0 Å². The van der Waals surface area contributed by atoms with Crippen LogP contribution in [0.15, 0.2) is 24.3 Å². The predicted octanol–water partition coefficient (Wildman–Crippen LogP) is 4.79. The number of benzene rings is 1. The average molecular weight is 310 g/mol. The molecule has 0 aliphatic rings. The van der Waals surface area contributed by atoms with Gasteiger partial charge in [0.15, 0.2) is 0 Å². The first-order chi connectivity index (χ1) is 10.3. The molecule has 1 aromatic carbocycles. The Bertz CT molecular complexity index is 370. The van der Waals surface area contributed by atoms with Crippen LogP contribution in [0.25, 0.3) is 0 Å². The van der Waals surface area contributed by atoms with Crippen LogP contribution in [-0.2, 0) is 6.54 Å². The molecule has 1 rings (SSSR count). The van der Waals surface area contributed by atoms with E-state index in [1.807, 2.05) is 6.07 Å². The SMILES string of the molecule is COc1cccc(CN(C)CCCCCCCCCS)c1. The highest BCUT2D eigenvalue weighted by molar-refractivity contribution is 7.80. The number of ether oxygens (including phenoxy) is 1. The van der Waals surface area contributed by atoms with Gasteiger partial charge in [0, 0.05) is 6.54 Å². The molecule has 0 aromatic heterocycles. The van der Waals surface area contributed by atoms with E-state index in [9.17, 15) is 0 Å². The Morgan fingerprint density at radius 2 is 1.67 bits per heavy atom. The van der Waals surface area contributed by atoms with Crippen molar-refractivity contribution in [2.75, 3.05) is 26.5 Å². The molecule has 0 saturated carbocycles. The van der Waals surface area contributed by atoms with Gasteiger partial charge < -0.3 is 9.64 Å². The van der Waals surface area contributed by atoms with Crippen molar-refractivity contribution in [3.05, 3.63) is 29.8 Å². The maximum Gasteiger partial charge on any atom is 0.119 e.